The first-order valence-corrected chi connectivity index (χ1v) is 8.00. The summed E-state index contributed by atoms with van der Waals surface area (Å²) >= 11 is 6.35. The van der Waals surface area contributed by atoms with Crippen molar-refractivity contribution < 1.29 is 8.42 Å². The Kier molecular flexibility index (Phi) is 5.05. The van der Waals surface area contributed by atoms with Crippen LogP contribution in [0.15, 0.2) is 16.8 Å². The third kappa shape index (κ3) is 3.48. The molecule has 0 bridgehead atoms. The van der Waals surface area contributed by atoms with Crippen LogP contribution >= 0.6 is 23.6 Å². The predicted molar refractivity (Wildman–Crippen MR) is 75.6 cm³/mol. The Morgan fingerprint density at radius 1 is 1.65 bits per heavy atom. The summed E-state index contributed by atoms with van der Waals surface area (Å²) in [6.45, 7) is 2.12. The second-order valence-electron chi connectivity index (χ2n) is 3.73. The summed E-state index contributed by atoms with van der Waals surface area (Å²) in [5.41, 5.74) is 6.44. The maximum absolute atomic E-state index is 12.2. The number of thiophene rings is 1. The Morgan fingerprint density at radius 2 is 2.29 bits per heavy atom. The third-order valence-electron chi connectivity index (χ3n) is 2.47. The van der Waals surface area contributed by atoms with E-state index in [1.165, 1.54) is 4.31 Å². The van der Waals surface area contributed by atoms with Crippen LogP contribution in [0.1, 0.15) is 18.9 Å². The molecule has 1 aromatic rings. The van der Waals surface area contributed by atoms with Crippen LogP contribution in [0.3, 0.4) is 0 Å². The van der Waals surface area contributed by atoms with Gasteiger partial charge in [0.05, 0.1) is 4.99 Å². The SMILES string of the molecule is CCC(C(N)=S)S(=O)(=O)N(C)Cc1ccsc1. The van der Waals surface area contributed by atoms with Gasteiger partial charge in [0.25, 0.3) is 0 Å². The van der Waals surface area contributed by atoms with Crippen molar-refractivity contribution in [3.05, 3.63) is 22.4 Å². The lowest BCUT2D eigenvalue weighted by atomic mass is 10.3. The zero-order valence-corrected chi connectivity index (χ0v) is 12.2. The van der Waals surface area contributed by atoms with E-state index in [0.29, 0.717) is 13.0 Å². The normalized spacial score (nSPS) is 13.8. The van der Waals surface area contributed by atoms with Crippen molar-refractivity contribution in [1.29, 1.82) is 0 Å². The average Bonchev–Trinajstić information content (AvgIpc) is 2.70. The molecule has 0 radical (unpaired) electrons. The predicted octanol–water partition coefficient (Wildman–Crippen LogP) is 1.57. The van der Waals surface area contributed by atoms with E-state index in [1.807, 2.05) is 16.8 Å². The number of sulfonamides is 1. The van der Waals surface area contributed by atoms with Crippen LogP contribution < -0.4 is 5.73 Å². The van der Waals surface area contributed by atoms with Crippen molar-refractivity contribution in [2.75, 3.05) is 7.05 Å². The van der Waals surface area contributed by atoms with E-state index in [1.54, 1.807) is 25.3 Å². The number of rotatable bonds is 6. The lowest BCUT2D eigenvalue weighted by Crippen LogP contribution is -2.42. The molecular weight excluding hydrogens is 276 g/mol. The molecule has 0 saturated heterocycles. The topological polar surface area (TPSA) is 63.4 Å². The fraction of sp³-hybridized carbons (Fsp3) is 0.500. The van der Waals surface area contributed by atoms with E-state index in [-0.39, 0.29) is 4.99 Å². The molecule has 0 saturated carbocycles. The molecule has 0 aliphatic heterocycles. The summed E-state index contributed by atoms with van der Waals surface area (Å²) in [5, 5.41) is 3.06. The second-order valence-corrected chi connectivity index (χ2v) is 7.21. The Morgan fingerprint density at radius 3 is 2.71 bits per heavy atom. The van der Waals surface area contributed by atoms with Crippen LogP contribution in [-0.2, 0) is 16.6 Å². The summed E-state index contributed by atoms with van der Waals surface area (Å²) in [6.07, 6.45) is 0.394. The molecule has 0 aromatic carbocycles. The van der Waals surface area contributed by atoms with Crippen LogP contribution in [0.5, 0.6) is 0 Å². The number of hydrogen-bond acceptors (Lipinski definition) is 4. The molecule has 1 aromatic heterocycles. The van der Waals surface area contributed by atoms with Crippen molar-refractivity contribution in [2.24, 2.45) is 5.73 Å². The summed E-state index contributed by atoms with van der Waals surface area (Å²) in [7, 11) is -1.91. The monoisotopic (exact) mass is 292 g/mol. The van der Waals surface area contributed by atoms with E-state index in [2.05, 4.69) is 0 Å². The fourth-order valence-electron chi connectivity index (χ4n) is 1.51. The van der Waals surface area contributed by atoms with Gasteiger partial charge in [0.15, 0.2) is 0 Å². The number of thiocarbonyl (C=S) groups is 1. The maximum Gasteiger partial charge on any atom is 0.223 e. The minimum absolute atomic E-state index is 0.0321. The van der Waals surface area contributed by atoms with Gasteiger partial charge in [-0.05, 0) is 28.8 Å². The molecule has 1 atom stereocenters. The van der Waals surface area contributed by atoms with E-state index in [9.17, 15) is 8.42 Å². The van der Waals surface area contributed by atoms with Gasteiger partial charge in [-0.3, -0.25) is 0 Å². The third-order valence-corrected chi connectivity index (χ3v) is 5.94. The van der Waals surface area contributed by atoms with Crippen molar-refractivity contribution in [1.82, 2.24) is 4.31 Å². The van der Waals surface area contributed by atoms with Crippen LogP contribution in [0.25, 0.3) is 0 Å². The summed E-state index contributed by atoms with van der Waals surface area (Å²) in [6, 6.07) is 1.90. The highest BCUT2D eigenvalue weighted by Crippen LogP contribution is 2.16. The maximum atomic E-state index is 12.2. The molecular formula is C10H16N2O2S3. The Balaban J connectivity index is 2.86. The molecule has 1 unspecified atom stereocenters. The van der Waals surface area contributed by atoms with Crippen molar-refractivity contribution in [2.45, 2.75) is 25.1 Å². The van der Waals surface area contributed by atoms with Crippen LogP contribution in [0.4, 0.5) is 0 Å². The molecule has 17 heavy (non-hydrogen) atoms. The molecule has 0 spiro atoms. The van der Waals surface area contributed by atoms with Gasteiger partial charge in [0.1, 0.15) is 5.25 Å². The standard InChI is InChI=1S/C10H16N2O2S3/c1-3-9(10(11)15)17(13,14)12(2)6-8-4-5-16-7-8/h4-5,7,9H,3,6H2,1-2H3,(H2,11,15). The molecule has 1 rings (SSSR count). The fourth-order valence-corrected chi connectivity index (χ4v) is 4.18. The van der Waals surface area contributed by atoms with Crippen molar-refractivity contribution >= 4 is 38.6 Å². The summed E-state index contributed by atoms with van der Waals surface area (Å²) < 4.78 is 25.7. The first-order valence-electron chi connectivity index (χ1n) is 5.15. The smallest absolute Gasteiger partial charge is 0.223 e. The summed E-state index contributed by atoms with van der Waals surface area (Å²) in [4.78, 5) is 0.0321. The number of hydrogen-bond donors (Lipinski definition) is 1. The molecule has 96 valence electrons. The Labute approximate surface area is 111 Å². The molecule has 4 nitrogen and oxygen atoms in total. The number of nitrogens with two attached hydrogens (primary N) is 1. The van der Waals surface area contributed by atoms with Gasteiger partial charge < -0.3 is 5.73 Å². The molecule has 7 heteroatoms. The van der Waals surface area contributed by atoms with Gasteiger partial charge in [-0.15, -0.1) is 0 Å². The summed E-state index contributed by atoms with van der Waals surface area (Å²) in [5.74, 6) is 0. The quantitative estimate of drug-likeness (QED) is 0.809. The zero-order valence-electron chi connectivity index (χ0n) is 9.79. The molecule has 0 aliphatic carbocycles. The largest absolute Gasteiger partial charge is 0.392 e. The van der Waals surface area contributed by atoms with Gasteiger partial charge in [-0.25, -0.2) is 8.42 Å². The van der Waals surface area contributed by atoms with Crippen molar-refractivity contribution in [3.8, 4) is 0 Å². The van der Waals surface area contributed by atoms with Crippen LogP contribution in [-0.4, -0.2) is 30.0 Å². The van der Waals surface area contributed by atoms with Gasteiger partial charge in [0.2, 0.25) is 10.0 Å². The first kappa shape index (κ1) is 14.6. The average molecular weight is 292 g/mol. The van der Waals surface area contributed by atoms with Gasteiger partial charge in [0, 0.05) is 13.6 Å². The van der Waals surface area contributed by atoms with Crippen molar-refractivity contribution in [3.63, 3.8) is 0 Å². The van der Waals surface area contributed by atoms with Crippen LogP contribution in [0.2, 0.25) is 0 Å². The molecule has 0 amide bonds. The van der Waals surface area contributed by atoms with Gasteiger partial charge in [-0.2, -0.15) is 15.6 Å². The molecule has 1 heterocycles. The van der Waals surface area contributed by atoms with E-state index < -0.39 is 15.3 Å². The lowest BCUT2D eigenvalue weighted by molar-refractivity contribution is 0.462. The lowest BCUT2D eigenvalue weighted by Gasteiger charge is -2.22. The highest BCUT2D eigenvalue weighted by atomic mass is 32.2. The molecule has 0 aliphatic rings. The zero-order chi connectivity index (χ0) is 13.1. The molecule has 0 fully saturated rings. The van der Waals surface area contributed by atoms with E-state index >= 15 is 0 Å². The van der Waals surface area contributed by atoms with Gasteiger partial charge >= 0.3 is 0 Å². The second kappa shape index (κ2) is 5.90. The highest BCUT2D eigenvalue weighted by Gasteiger charge is 2.30. The first-order chi connectivity index (χ1) is 7.89. The number of nitrogens with zero attached hydrogens (tertiary/aromatic N) is 1. The highest BCUT2D eigenvalue weighted by molar-refractivity contribution is 7.92. The molecule has 2 N–H and O–H groups in total. The Bertz CT molecular complexity index is 468. The van der Waals surface area contributed by atoms with E-state index in [0.717, 1.165) is 5.56 Å². The van der Waals surface area contributed by atoms with Gasteiger partial charge in [-0.1, -0.05) is 19.1 Å². The van der Waals surface area contributed by atoms with Crippen LogP contribution in [0, 0.1) is 0 Å². The minimum Gasteiger partial charge on any atom is -0.392 e. The Hall–Kier alpha value is -0.500. The van der Waals surface area contributed by atoms with E-state index in [4.69, 9.17) is 18.0 Å². The minimum atomic E-state index is -3.45.